The predicted molar refractivity (Wildman–Crippen MR) is 81.7 cm³/mol. The minimum Gasteiger partial charge on any atom is -0.334 e. The fraction of sp³-hybridized carbons (Fsp3) is 0.250. The Morgan fingerprint density at radius 2 is 2.05 bits per heavy atom. The number of hydrogen-bond donors (Lipinski definition) is 0. The molecule has 1 aromatic heterocycles. The lowest BCUT2D eigenvalue weighted by atomic mass is 10.0. The van der Waals surface area contributed by atoms with Crippen molar-refractivity contribution in [2.45, 2.75) is 13.3 Å². The van der Waals surface area contributed by atoms with E-state index in [4.69, 9.17) is 0 Å². The molecule has 0 saturated carbocycles. The molecule has 20 heavy (non-hydrogen) atoms. The monoisotopic (exact) mass is 284 g/mol. The number of benzene rings is 1. The number of aryl methyl sites for hydroxylation is 1. The summed E-state index contributed by atoms with van der Waals surface area (Å²) in [6, 6.07) is 8.09. The molecule has 0 atom stereocenters. The summed E-state index contributed by atoms with van der Waals surface area (Å²) < 4.78 is 0. The van der Waals surface area contributed by atoms with Crippen LogP contribution in [0.15, 0.2) is 41.8 Å². The largest absolute Gasteiger partial charge is 0.334 e. The van der Waals surface area contributed by atoms with Crippen LogP contribution in [0.3, 0.4) is 0 Å². The maximum Gasteiger partial charge on any atom is 0.227 e. The molecule has 0 unspecified atom stereocenters. The molecule has 1 amide bonds. The van der Waals surface area contributed by atoms with E-state index in [1.165, 1.54) is 0 Å². The summed E-state index contributed by atoms with van der Waals surface area (Å²) in [6.07, 6.45) is 0.462. The van der Waals surface area contributed by atoms with Crippen molar-refractivity contribution in [1.82, 2.24) is 9.88 Å². The molecule has 1 saturated heterocycles. The highest BCUT2D eigenvalue weighted by Crippen LogP contribution is 2.22. The first-order valence-electron chi connectivity index (χ1n) is 6.58. The molecule has 102 valence electrons. The Morgan fingerprint density at radius 3 is 2.60 bits per heavy atom. The minimum absolute atomic E-state index is 0.176. The number of hydrogen-bond acceptors (Lipinski definition) is 3. The molecule has 1 aromatic carbocycles. The number of aromatic nitrogens is 1. The molecular weight excluding hydrogens is 268 g/mol. The summed E-state index contributed by atoms with van der Waals surface area (Å²) in [5.41, 5.74) is 4.28. The van der Waals surface area contributed by atoms with Gasteiger partial charge in [0.25, 0.3) is 0 Å². The average molecular weight is 284 g/mol. The van der Waals surface area contributed by atoms with Gasteiger partial charge < -0.3 is 4.90 Å². The lowest BCUT2D eigenvalue weighted by molar-refractivity contribution is -0.131. The van der Waals surface area contributed by atoms with E-state index in [-0.39, 0.29) is 5.91 Å². The van der Waals surface area contributed by atoms with Crippen molar-refractivity contribution >= 4 is 17.2 Å². The van der Waals surface area contributed by atoms with Gasteiger partial charge in [-0.3, -0.25) is 4.79 Å². The van der Waals surface area contributed by atoms with Gasteiger partial charge in [0.15, 0.2) is 0 Å². The van der Waals surface area contributed by atoms with Gasteiger partial charge in [-0.15, -0.1) is 11.3 Å². The fourth-order valence-electron chi connectivity index (χ4n) is 2.25. The summed E-state index contributed by atoms with van der Waals surface area (Å²) in [5.74, 6) is 0.176. The van der Waals surface area contributed by atoms with Crippen LogP contribution in [0.1, 0.15) is 10.6 Å². The smallest absolute Gasteiger partial charge is 0.227 e. The number of rotatable bonds is 3. The molecule has 3 nitrogen and oxygen atoms in total. The maximum absolute atomic E-state index is 12.0. The Hall–Kier alpha value is -1.94. The average Bonchev–Trinajstić information content (AvgIpc) is 2.82. The van der Waals surface area contributed by atoms with E-state index in [0.29, 0.717) is 6.42 Å². The van der Waals surface area contributed by atoms with Gasteiger partial charge in [-0.2, -0.15) is 0 Å². The normalized spacial score (nSPS) is 14.2. The van der Waals surface area contributed by atoms with Gasteiger partial charge in [0, 0.05) is 24.0 Å². The molecule has 3 rings (SSSR count). The zero-order valence-electron chi connectivity index (χ0n) is 11.4. The van der Waals surface area contributed by atoms with E-state index in [1.54, 1.807) is 11.3 Å². The quantitative estimate of drug-likeness (QED) is 0.812. The number of amides is 1. The fourth-order valence-corrected chi connectivity index (χ4v) is 2.87. The third-order valence-electron chi connectivity index (χ3n) is 3.41. The molecule has 1 fully saturated rings. The molecule has 2 aromatic rings. The molecule has 0 spiro atoms. The van der Waals surface area contributed by atoms with E-state index < -0.39 is 0 Å². The Labute approximate surface area is 122 Å². The topological polar surface area (TPSA) is 33.2 Å². The Balaban J connectivity index is 1.67. The highest BCUT2D eigenvalue weighted by Gasteiger charge is 2.23. The zero-order valence-corrected chi connectivity index (χ0v) is 12.2. The van der Waals surface area contributed by atoms with Gasteiger partial charge in [0.05, 0.1) is 17.1 Å². The number of thiazole rings is 1. The number of carbonyl (C=O) groups excluding carboxylic acids is 1. The van der Waals surface area contributed by atoms with Crippen LogP contribution in [0.25, 0.3) is 11.3 Å². The van der Waals surface area contributed by atoms with Crippen LogP contribution < -0.4 is 0 Å². The van der Waals surface area contributed by atoms with E-state index in [1.807, 2.05) is 36.1 Å². The molecule has 0 radical (unpaired) electrons. The Morgan fingerprint density at radius 1 is 1.35 bits per heavy atom. The molecule has 0 N–H and O–H groups in total. The molecule has 0 aliphatic carbocycles. The second-order valence-corrected chi connectivity index (χ2v) is 6.19. The lowest BCUT2D eigenvalue weighted by Crippen LogP contribution is -2.44. The second kappa shape index (κ2) is 5.21. The molecule has 0 bridgehead atoms. The van der Waals surface area contributed by atoms with Gasteiger partial charge in [0.1, 0.15) is 0 Å². The van der Waals surface area contributed by atoms with Crippen molar-refractivity contribution in [1.29, 1.82) is 0 Å². The molecular formula is C16H16N2OS. The van der Waals surface area contributed by atoms with Crippen molar-refractivity contribution in [3.05, 3.63) is 52.4 Å². The number of nitrogens with zero attached hydrogens (tertiary/aromatic N) is 2. The third kappa shape index (κ3) is 2.65. The van der Waals surface area contributed by atoms with Gasteiger partial charge >= 0.3 is 0 Å². The summed E-state index contributed by atoms with van der Waals surface area (Å²) in [7, 11) is 0. The van der Waals surface area contributed by atoms with Crippen LogP contribution in [0.5, 0.6) is 0 Å². The van der Waals surface area contributed by atoms with Crippen LogP contribution in [-0.4, -0.2) is 28.9 Å². The van der Waals surface area contributed by atoms with Crippen molar-refractivity contribution in [2.75, 3.05) is 13.1 Å². The first-order valence-corrected chi connectivity index (χ1v) is 7.45. The van der Waals surface area contributed by atoms with Crippen LogP contribution in [-0.2, 0) is 11.2 Å². The summed E-state index contributed by atoms with van der Waals surface area (Å²) >= 11 is 1.65. The Bertz CT molecular complexity index is 649. The molecule has 1 aliphatic heterocycles. The minimum atomic E-state index is 0.176. The van der Waals surface area contributed by atoms with Crippen molar-refractivity contribution in [3.63, 3.8) is 0 Å². The molecule has 1 aliphatic rings. The van der Waals surface area contributed by atoms with Crippen LogP contribution in [0.2, 0.25) is 0 Å². The van der Waals surface area contributed by atoms with E-state index in [0.717, 1.165) is 40.5 Å². The second-order valence-electron chi connectivity index (χ2n) is 5.13. The lowest BCUT2D eigenvalue weighted by Gasteiger charge is -2.33. The van der Waals surface area contributed by atoms with Crippen molar-refractivity contribution in [2.24, 2.45) is 0 Å². The number of carbonyl (C=O) groups is 1. The first kappa shape index (κ1) is 13.1. The van der Waals surface area contributed by atoms with E-state index in [2.05, 4.69) is 16.9 Å². The standard InChI is InChI=1S/C16H16N2OS/c1-11-8-18(9-11)16(19)7-13-3-5-14(6-4-13)15-10-20-12(2)17-15/h3-6,10H,1,7-9H2,2H3. The van der Waals surface area contributed by atoms with Gasteiger partial charge in [-0.1, -0.05) is 30.8 Å². The molecule has 4 heteroatoms. The van der Waals surface area contributed by atoms with Crippen LogP contribution in [0.4, 0.5) is 0 Å². The number of likely N-dealkylation sites (tertiary alicyclic amines) is 1. The van der Waals surface area contributed by atoms with Crippen LogP contribution in [0, 0.1) is 6.92 Å². The third-order valence-corrected chi connectivity index (χ3v) is 4.18. The SMILES string of the molecule is C=C1CN(C(=O)Cc2ccc(-c3csc(C)n3)cc2)C1. The highest BCUT2D eigenvalue weighted by molar-refractivity contribution is 7.09. The summed E-state index contributed by atoms with van der Waals surface area (Å²) in [5, 5.41) is 3.12. The Kier molecular flexibility index (Phi) is 3.40. The van der Waals surface area contributed by atoms with Crippen molar-refractivity contribution < 1.29 is 4.79 Å². The highest BCUT2D eigenvalue weighted by atomic mass is 32.1. The van der Waals surface area contributed by atoms with Crippen molar-refractivity contribution in [3.8, 4) is 11.3 Å². The predicted octanol–water partition coefficient (Wildman–Crippen LogP) is 3.06. The zero-order chi connectivity index (χ0) is 14.1. The summed E-state index contributed by atoms with van der Waals surface area (Å²) in [4.78, 5) is 18.3. The van der Waals surface area contributed by atoms with E-state index >= 15 is 0 Å². The van der Waals surface area contributed by atoms with Gasteiger partial charge in [-0.25, -0.2) is 4.98 Å². The summed E-state index contributed by atoms with van der Waals surface area (Å²) in [6.45, 7) is 7.28. The molecule has 2 heterocycles. The van der Waals surface area contributed by atoms with E-state index in [9.17, 15) is 4.79 Å². The van der Waals surface area contributed by atoms with Gasteiger partial charge in [0.2, 0.25) is 5.91 Å². The van der Waals surface area contributed by atoms with Gasteiger partial charge in [-0.05, 0) is 18.1 Å². The maximum atomic E-state index is 12.0. The van der Waals surface area contributed by atoms with Crippen LogP contribution >= 0.6 is 11.3 Å². The first-order chi connectivity index (χ1) is 9.61.